The molecule has 2 aromatic carbocycles. The van der Waals surface area contributed by atoms with Crippen molar-refractivity contribution in [3.8, 4) is 0 Å². The third-order valence-electron chi connectivity index (χ3n) is 3.19. The van der Waals surface area contributed by atoms with Crippen LogP contribution in [0.4, 0.5) is 0 Å². The molecule has 1 aromatic heterocycles. The third kappa shape index (κ3) is 2.85. The Morgan fingerprint density at radius 2 is 1.65 bits per heavy atom. The normalized spacial score (nSPS) is 12.4. The number of ether oxygens (including phenoxy) is 1. The van der Waals surface area contributed by atoms with Gasteiger partial charge < -0.3 is 10.5 Å². The van der Waals surface area contributed by atoms with Crippen LogP contribution in [0.1, 0.15) is 17.5 Å². The molecule has 1 atom stereocenters. The van der Waals surface area contributed by atoms with E-state index in [4.69, 9.17) is 10.5 Å². The number of aromatic nitrogens is 1. The molecule has 0 saturated carbocycles. The zero-order valence-corrected chi connectivity index (χ0v) is 11.1. The second-order valence-corrected chi connectivity index (χ2v) is 4.64. The predicted molar refractivity (Wildman–Crippen MR) is 79.9 cm³/mol. The number of nitrogens with two attached hydrogens (primary N) is 1. The van der Waals surface area contributed by atoms with Crippen LogP contribution in [0, 0.1) is 0 Å². The van der Waals surface area contributed by atoms with E-state index in [0.717, 1.165) is 22.2 Å². The Morgan fingerprint density at radius 3 is 2.50 bits per heavy atom. The van der Waals surface area contributed by atoms with Crippen molar-refractivity contribution in [3.63, 3.8) is 0 Å². The van der Waals surface area contributed by atoms with Crippen LogP contribution in [0.3, 0.4) is 0 Å². The minimum atomic E-state index is -0.426. The quantitative estimate of drug-likeness (QED) is 0.735. The van der Waals surface area contributed by atoms with Gasteiger partial charge in [0.1, 0.15) is 6.23 Å². The Hall–Kier alpha value is -2.23. The molecule has 3 rings (SSSR count). The fourth-order valence-electron chi connectivity index (χ4n) is 2.10. The molecule has 0 spiro atoms. The molecule has 3 nitrogen and oxygen atoms in total. The van der Waals surface area contributed by atoms with E-state index in [2.05, 4.69) is 11.1 Å². The average Bonchev–Trinajstić information content (AvgIpc) is 2.53. The van der Waals surface area contributed by atoms with Gasteiger partial charge in [-0.1, -0.05) is 54.6 Å². The lowest BCUT2D eigenvalue weighted by Crippen LogP contribution is -2.14. The van der Waals surface area contributed by atoms with Crippen molar-refractivity contribution >= 4 is 10.9 Å². The average molecular weight is 264 g/mol. The molecule has 100 valence electrons. The number of nitrogens with zero attached hydrogens (tertiary/aromatic N) is 1. The smallest absolute Gasteiger partial charge is 0.132 e. The zero-order valence-electron chi connectivity index (χ0n) is 11.1. The van der Waals surface area contributed by atoms with Gasteiger partial charge in [0.15, 0.2) is 0 Å². The number of benzene rings is 2. The maximum Gasteiger partial charge on any atom is 0.132 e. The second-order valence-electron chi connectivity index (χ2n) is 4.64. The van der Waals surface area contributed by atoms with Gasteiger partial charge >= 0.3 is 0 Å². The number of para-hydroxylation sites is 1. The molecule has 0 aliphatic rings. The van der Waals surface area contributed by atoms with Crippen molar-refractivity contribution in [1.29, 1.82) is 0 Å². The predicted octanol–water partition coefficient (Wildman–Crippen LogP) is 3.41. The lowest BCUT2D eigenvalue weighted by atomic mass is 10.2. The Morgan fingerprint density at radius 1 is 0.900 bits per heavy atom. The molecule has 3 heteroatoms. The van der Waals surface area contributed by atoms with Crippen LogP contribution in [0.15, 0.2) is 66.7 Å². The first-order chi connectivity index (χ1) is 9.83. The van der Waals surface area contributed by atoms with Crippen LogP contribution >= 0.6 is 0 Å². The van der Waals surface area contributed by atoms with Crippen molar-refractivity contribution in [2.75, 3.05) is 0 Å². The highest BCUT2D eigenvalue weighted by atomic mass is 16.5. The van der Waals surface area contributed by atoms with E-state index in [1.807, 2.05) is 60.7 Å². The van der Waals surface area contributed by atoms with E-state index in [1.165, 1.54) is 0 Å². The van der Waals surface area contributed by atoms with Gasteiger partial charge in [-0.05, 0) is 17.7 Å². The summed E-state index contributed by atoms with van der Waals surface area (Å²) in [6.45, 7) is 0.404. The van der Waals surface area contributed by atoms with Gasteiger partial charge in [-0.2, -0.15) is 0 Å². The summed E-state index contributed by atoms with van der Waals surface area (Å²) in [7, 11) is 0. The minimum absolute atomic E-state index is 0.404. The van der Waals surface area contributed by atoms with Crippen LogP contribution in [-0.2, 0) is 11.3 Å². The van der Waals surface area contributed by atoms with E-state index in [9.17, 15) is 0 Å². The first-order valence-corrected chi connectivity index (χ1v) is 6.60. The molecule has 0 aliphatic carbocycles. The summed E-state index contributed by atoms with van der Waals surface area (Å²) in [6, 6.07) is 21.8. The molecule has 0 bridgehead atoms. The molecule has 1 heterocycles. The molecule has 20 heavy (non-hydrogen) atoms. The summed E-state index contributed by atoms with van der Waals surface area (Å²) in [5.41, 5.74) is 8.83. The van der Waals surface area contributed by atoms with Crippen molar-refractivity contribution < 1.29 is 4.74 Å². The summed E-state index contributed by atoms with van der Waals surface area (Å²) in [5, 5.41) is 1.13. The lowest BCUT2D eigenvalue weighted by Gasteiger charge is -2.13. The summed E-state index contributed by atoms with van der Waals surface area (Å²) in [5.74, 6) is 0. The van der Waals surface area contributed by atoms with Crippen molar-refractivity contribution in [2.45, 2.75) is 12.8 Å². The molecular formula is C17H16N2O. The van der Waals surface area contributed by atoms with Gasteiger partial charge in [0.25, 0.3) is 0 Å². The molecule has 0 radical (unpaired) electrons. The number of pyridine rings is 1. The van der Waals surface area contributed by atoms with Crippen molar-refractivity contribution in [3.05, 3.63) is 78.0 Å². The van der Waals surface area contributed by atoms with Crippen LogP contribution < -0.4 is 5.73 Å². The van der Waals surface area contributed by atoms with Crippen molar-refractivity contribution in [2.24, 2.45) is 5.73 Å². The van der Waals surface area contributed by atoms with Gasteiger partial charge in [0, 0.05) is 5.39 Å². The van der Waals surface area contributed by atoms with Crippen LogP contribution in [0.25, 0.3) is 10.9 Å². The molecule has 0 saturated heterocycles. The highest BCUT2D eigenvalue weighted by Crippen LogP contribution is 2.15. The molecule has 0 amide bonds. The Labute approximate surface area is 118 Å². The fourth-order valence-corrected chi connectivity index (χ4v) is 2.10. The summed E-state index contributed by atoms with van der Waals surface area (Å²) in [6.07, 6.45) is -0.426. The summed E-state index contributed by atoms with van der Waals surface area (Å²) >= 11 is 0. The highest BCUT2D eigenvalue weighted by molar-refractivity contribution is 5.78. The highest BCUT2D eigenvalue weighted by Gasteiger charge is 2.06. The second kappa shape index (κ2) is 5.82. The Bertz CT molecular complexity index is 697. The van der Waals surface area contributed by atoms with Gasteiger partial charge in [0.05, 0.1) is 17.8 Å². The molecule has 3 aromatic rings. The number of hydrogen-bond donors (Lipinski definition) is 1. The molecule has 0 fully saturated rings. The summed E-state index contributed by atoms with van der Waals surface area (Å²) in [4.78, 5) is 4.56. The van der Waals surface area contributed by atoms with Gasteiger partial charge in [-0.25, -0.2) is 0 Å². The van der Waals surface area contributed by atoms with Gasteiger partial charge in [0.2, 0.25) is 0 Å². The van der Waals surface area contributed by atoms with Crippen LogP contribution in [0.5, 0.6) is 0 Å². The summed E-state index contributed by atoms with van der Waals surface area (Å²) < 4.78 is 5.68. The van der Waals surface area contributed by atoms with Crippen LogP contribution in [0.2, 0.25) is 0 Å². The van der Waals surface area contributed by atoms with Crippen LogP contribution in [-0.4, -0.2) is 4.98 Å². The van der Waals surface area contributed by atoms with E-state index in [0.29, 0.717) is 6.61 Å². The molecule has 2 N–H and O–H groups in total. The minimum Gasteiger partial charge on any atom is -0.353 e. The van der Waals surface area contributed by atoms with Crippen molar-refractivity contribution in [1.82, 2.24) is 4.98 Å². The first kappa shape index (κ1) is 12.8. The monoisotopic (exact) mass is 264 g/mol. The van der Waals surface area contributed by atoms with E-state index < -0.39 is 6.23 Å². The molecule has 0 aliphatic heterocycles. The first-order valence-electron chi connectivity index (χ1n) is 6.60. The number of hydrogen-bond acceptors (Lipinski definition) is 3. The van der Waals surface area contributed by atoms with E-state index >= 15 is 0 Å². The van der Waals surface area contributed by atoms with Gasteiger partial charge in [-0.3, -0.25) is 4.98 Å². The largest absolute Gasteiger partial charge is 0.353 e. The molecule has 1 unspecified atom stereocenters. The maximum absolute atomic E-state index is 6.01. The van der Waals surface area contributed by atoms with E-state index in [1.54, 1.807) is 0 Å². The number of fused-ring (bicyclic) bond motifs is 1. The maximum atomic E-state index is 6.01. The standard InChI is InChI=1S/C17H16N2O/c18-17(14-7-2-1-3-8-14)20-12-15-11-10-13-6-4-5-9-16(13)19-15/h1-11,17H,12,18H2. The Balaban J connectivity index is 1.70. The zero-order chi connectivity index (χ0) is 13.8. The van der Waals surface area contributed by atoms with Gasteiger partial charge in [-0.15, -0.1) is 0 Å². The SMILES string of the molecule is NC(OCc1ccc2ccccc2n1)c1ccccc1. The van der Waals surface area contributed by atoms with E-state index in [-0.39, 0.29) is 0 Å². The lowest BCUT2D eigenvalue weighted by molar-refractivity contribution is 0.0423. The number of rotatable bonds is 4. The Kier molecular flexibility index (Phi) is 3.72. The fraction of sp³-hybridized carbons (Fsp3) is 0.118. The molecular weight excluding hydrogens is 248 g/mol. The third-order valence-corrected chi connectivity index (χ3v) is 3.19. The topological polar surface area (TPSA) is 48.1 Å².